The highest BCUT2D eigenvalue weighted by molar-refractivity contribution is 8.03. The maximum Gasteiger partial charge on any atom is 0.353 e. The normalized spacial score (nSPS) is 35.4. The topological polar surface area (TPSA) is 142 Å². The SMILES string of the molecule is C[C@@H](O)[C@H]1C(=O)N2C(C(=O)O)=C(S[C@@H]3CN[C@H](C(O)CC(=O)N(C)[C@H]4CCNC4)C3)[C@H](C)[C@H]12. The maximum absolute atomic E-state index is 12.6. The molecule has 11 heteroatoms. The van der Waals surface area contributed by atoms with Crippen molar-refractivity contribution in [2.24, 2.45) is 11.8 Å². The highest BCUT2D eigenvalue weighted by Crippen LogP contribution is 2.51. The lowest BCUT2D eigenvalue weighted by molar-refractivity contribution is -0.163. The van der Waals surface area contributed by atoms with Gasteiger partial charge >= 0.3 is 5.97 Å². The van der Waals surface area contributed by atoms with E-state index in [1.165, 1.54) is 16.7 Å². The van der Waals surface area contributed by atoms with Crippen LogP contribution in [0.2, 0.25) is 0 Å². The summed E-state index contributed by atoms with van der Waals surface area (Å²) in [6.45, 7) is 5.70. The van der Waals surface area contributed by atoms with Crippen LogP contribution >= 0.6 is 11.8 Å². The molecule has 0 saturated carbocycles. The fourth-order valence-electron chi connectivity index (χ4n) is 5.61. The van der Waals surface area contributed by atoms with Gasteiger partial charge < -0.3 is 35.8 Å². The quantitative estimate of drug-likeness (QED) is 0.280. The minimum Gasteiger partial charge on any atom is -0.477 e. The summed E-state index contributed by atoms with van der Waals surface area (Å²) < 4.78 is 0. The smallest absolute Gasteiger partial charge is 0.353 e. The first kappa shape index (κ1) is 24.5. The number of β-lactam (4-membered cyclic amide) rings is 1. The van der Waals surface area contributed by atoms with Crippen molar-refractivity contribution in [1.82, 2.24) is 20.4 Å². The van der Waals surface area contributed by atoms with Crippen LogP contribution < -0.4 is 10.6 Å². The van der Waals surface area contributed by atoms with Gasteiger partial charge in [-0.05, 0) is 26.3 Å². The Kier molecular flexibility index (Phi) is 7.07. The molecular weight excluding hydrogens is 448 g/mol. The largest absolute Gasteiger partial charge is 0.477 e. The molecule has 0 aromatic heterocycles. The molecule has 0 spiro atoms. The standard InChI is InChI=1S/C22H34N4O6S/c1-10-18-17(11(2)27)21(30)26(18)19(22(31)32)20(10)33-13-6-14(24-9-13)15(28)7-16(29)25(3)12-4-5-23-8-12/h10-15,17-18,23-24,27-28H,4-9H2,1-3H3,(H,31,32)/t10-,11-,12+,13+,14+,15?,17-,18-/m1/s1. The van der Waals surface area contributed by atoms with Gasteiger partial charge in [-0.2, -0.15) is 0 Å². The van der Waals surface area contributed by atoms with E-state index in [1.807, 2.05) is 6.92 Å². The highest BCUT2D eigenvalue weighted by atomic mass is 32.2. The molecule has 0 radical (unpaired) electrons. The van der Waals surface area contributed by atoms with E-state index in [9.17, 15) is 29.7 Å². The Morgan fingerprint density at radius 1 is 1.30 bits per heavy atom. The first-order valence-electron chi connectivity index (χ1n) is 11.6. The third kappa shape index (κ3) is 4.41. The second-order valence-corrected chi connectivity index (χ2v) is 11.0. The molecule has 3 saturated heterocycles. The molecule has 1 unspecified atom stereocenters. The molecule has 4 heterocycles. The average molecular weight is 483 g/mol. The van der Waals surface area contributed by atoms with Crippen molar-refractivity contribution >= 4 is 29.5 Å². The molecule has 5 N–H and O–H groups in total. The number of nitrogens with one attached hydrogen (secondary N) is 2. The van der Waals surface area contributed by atoms with Crippen molar-refractivity contribution in [1.29, 1.82) is 0 Å². The van der Waals surface area contributed by atoms with E-state index >= 15 is 0 Å². The summed E-state index contributed by atoms with van der Waals surface area (Å²) in [7, 11) is 1.78. The van der Waals surface area contributed by atoms with Crippen LogP contribution in [-0.4, -0.2) is 105 Å². The van der Waals surface area contributed by atoms with Crippen molar-refractivity contribution in [3.63, 3.8) is 0 Å². The van der Waals surface area contributed by atoms with Crippen LogP contribution in [0.1, 0.15) is 33.1 Å². The number of carboxylic acids is 1. The molecule has 33 heavy (non-hydrogen) atoms. The number of fused-ring (bicyclic) bond motifs is 1. The number of rotatable bonds is 8. The van der Waals surface area contributed by atoms with Gasteiger partial charge in [0.2, 0.25) is 11.8 Å². The number of aliphatic hydroxyl groups excluding tert-OH is 2. The molecule has 0 aromatic carbocycles. The maximum atomic E-state index is 12.6. The van der Waals surface area contributed by atoms with Gasteiger partial charge in [-0.25, -0.2) is 4.79 Å². The van der Waals surface area contributed by atoms with Gasteiger partial charge in [0.15, 0.2) is 0 Å². The number of hydrogen-bond donors (Lipinski definition) is 5. The van der Waals surface area contributed by atoms with Crippen LogP contribution in [0.3, 0.4) is 0 Å². The second kappa shape index (κ2) is 9.53. The Balaban J connectivity index is 1.37. The minimum atomic E-state index is -1.14. The van der Waals surface area contributed by atoms with Crippen LogP contribution in [0, 0.1) is 11.8 Å². The fraction of sp³-hybridized carbons (Fsp3) is 0.773. The van der Waals surface area contributed by atoms with E-state index in [0.29, 0.717) is 17.9 Å². The number of carbonyl (C=O) groups is 3. The van der Waals surface area contributed by atoms with E-state index in [0.717, 1.165) is 19.5 Å². The average Bonchev–Trinajstić information content (AvgIpc) is 3.48. The lowest BCUT2D eigenvalue weighted by Crippen LogP contribution is -2.63. The lowest BCUT2D eigenvalue weighted by atomic mass is 9.79. The Bertz CT molecular complexity index is 845. The van der Waals surface area contributed by atoms with Gasteiger partial charge in [-0.15, -0.1) is 11.8 Å². The monoisotopic (exact) mass is 482 g/mol. The number of nitrogens with zero attached hydrogens (tertiary/aromatic N) is 2. The number of likely N-dealkylation sites (N-methyl/N-ethyl adjacent to an activating group) is 1. The molecule has 2 amide bonds. The molecule has 0 aliphatic carbocycles. The zero-order chi connectivity index (χ0) is 24.0. The predicted octanol–water partition coefficient (Wildman–Crippen LogP) is -0.825. The van der Waals surface area contributed by atoms with E-state index in [2.05, 4.69) is 10.6 Å². The number of thioether (sulfide) groups is 1. The predicted molar refractivity (Wildman–Crippen MR) is 122 cm³/mol. The summed E-state index contributed by atoms with van der Waals surface area (Å²) in [4.78, 5) is 40.8. The van der Waals surface area contributed by atoms with Crippen molar-refractivity contribution in [2.45, 2.75) is 68.7 Å². The van der Waals surface area contributed by atoms with Gasteiger partial charge in [0.25, 0.3) is 0 Å². The van der Waals surface area contributed by atoms with E-state index < -0.39 is 24.1 Å². The molecule has 10 nitrogen and oxygen atoms in total. The molecule has 8 atom stereocenters. The minimum absolute atomic E-state index is 0.0158. The summed E-state index contributed by atoms with van der Waals surface area (Å²) in [6, 6.07) is -0.426. The third-order valence-electron chi connectivity index (χ3n) is 7.55. The first-order chi connectivity index (χ1) is 15.6. The van der Waals surface area contributed by atoms with Gasteiger partial charge in [0.1, 0.15) is 5.70 Å². The van der Waals surface area contributed by atoms with Gasteiger partial charge in [0, 0.05) is 48.3 Å². The Hall–Kier alpha value is -1.66. The van der Waals surface area contributed by atoms with Crippen molar-refractivity contribution in [3.05, 3.63) is 10.6 Å². The van der Waals surface area contributed by atoms with E-state index in [-0.39, 0.29) is 53.2 Å². The Morgan fingerprint density at radius 2 is 2.03 bits per heavy atom. The van der Waals surface area contributed by atoms with Crippen LogP contribution in [0.5, 0.6) is 0 Å². The lowest BCUT2D eigenvalue weighted by Gasteiger charge is -2.46. The second-order valence-electron chi connectivity index (χ2n) is 9.68. The molecule has 0 aromatic rings. The third-order valence-corrected chi connectivity index (χ3v) is 9.06. The molecule has 4 aliphatic heterocycles. The van der Waals surface area contributed by atoms with Gasteiger partial charge in [-0.1, -0.05) is 6.92 Å². The van der Waals surface area contributed by atoms with Gasteiger partial charge in [0.05, 0.1) is 30.6 Å². The van der Waals surface area contributed by atoms with Crippen LogP contribution in [0.15, 0.2) is 10.6 Å². The Morgan fingerprint density at radius 3 is 2.64 bits per heavy atom. The zero-order valence-corrected chi connectivity index (χ0v) is 20.0. The number of carboxylic acid groups (broad SMARTS) is 1. The summed E-state index contributed by atoms with van der Waals surface area (Å²) in [5.41, 5.74) is 0.0189. The number of aliphatic carboxylic acids is 1. The van der Waals surface area contributed by atoms with Crippen molar-refractivity contribution in [3.8, 4) is 0 Å². The summed E-state index contributed by atoms with van der Waals surface area (Å²) in [6.07, 6.45) is -0.106. The van der Waals surface area contributed by atoms with Crippen LogP contribution in [0.4, 0.5) is 0 Å². The Labute approximate surface area is 197 Å². The van der Waals surface area contributed by atoms with Gasteiger partial charge in [-0.3, -0.25) is 9.59 Å². The van der Waals surface area contributed by atoms with E-state index in [4.69, 9.17) is 0 Å². The molecule has 3 fully saturated rings. The number of amides is 2. The van der Waals surface area contributed by atoms with Crippen LogP contribution in [-0.2, 0) is 14.4 Å². The molecule has 4 rings (SSSR count). The molecule has 0 bridgehead atoms. The molecule has 4 aliphatic rings. The van der Waals surface area contributed by atoms with E-state index in [1.54, 1.807) is 18.9 Å². The summed E-state index contributed by atoms with van der Waals surface area (Å²) >= 11 is 1.44. The molecular formula is C22H34N4O6S. The first-order valence-corrected chi connectivity index (χ1v) is 12.5. The summed E-state index contributed by atoms with van der Waals surface area (Å²) in [5.74, 6) is -2.32. The van der Waals surface area contributed by atoms with Crippen molar-refractivity contribution < 1.29 is 29.7 Å². The molecule has 184 valence electrons. The number of carbonyl (C=O) groups excluding carboxylic acids is 2. The number of aliphatic hydroxyl groups is 2. The number of hydrogen-bond acceptors (Lipinski definition) is 8. The van der Waals surface area contributed by atoms with Crippen LogP contribution in [0.25, 0.3) is 0 Å². The highest BCUT2D eigenvalue weighted by Gasteiger charge is 2.60. The zero-order valence-electron chi connectivity index (χ0n) is 19.2. The summed E-state index contributed by atoms with van der Waals surface area (Å²) in [5, 5.41) is 37.0. The fourth-order valence-corrected chi connectivity index (χ4v) is 7.11. The van der Waals surface area contributed by atoms with Crippen molar-refractivity contribution in [2.75, 3.05) is 26.7 Å².